The van der Waals surface area contributed by atoms with Crippen LogP contribution in [-0.2, 0) is 13.0 Å². The van der Waals surface area contributed by atoms with Crippen molar-refractivity contribution in [3.05, 3.63) is 102 Å². The van der Waals surface area contributed by atoms with Crippen LogP contribution in [0.25, 0.3) is 22.0 Å². The van der Waals surface area contributed by atoms with E-state index in [9.17, 15) is 0 Å². The molecular formula is C28H29N3. The van der Waals surface area contributed by atoms with Gasteiger partial charge in [0.25, 0.3) is 0 Å². The van der Waals surface area contributed by atoms with Crippen LogP contribution >= 0.6 is 0 Å². The molecule has 4 aromatic rings. The van der Waals surface area contributed by atoms with E-state index in [0.29, 0.717) is 6.04 Å². The van der Waals surface area contributed by atoms with Crippen molar-refractivity contribution < 1.29 is 0 Å². The minimum atomic E-state index is 0.380. The van der Waals surface area contributed by atoms with Crippen LogP contribution in [-0.4, -0.2) is 28.8 Å². The molecule has 0 N–H and O–H groups in total. The summed E-state index contributed by atoms with van der Waals surface area (Å²) in [5.74, 6) is 0. The minimum Gasteiger partial charge on any atom is -0.353 e. The number of pyridine rings is 1. The highest BCUT2D eigenvalue weighted by Crippen LogP contribution is 2.21. The molecule has 2 heterocycles. The minimum absolute atomic E-state index is 0.380. The number of hydrogen-bond donors (Lipinski definition) is 0. The van der Waals surface area contributed by atoms with Crippen LogP contribution in [0.3, 0.4) is 0 Å². The Labute approximate surface area is 185 Å². The van der Waals surface area contributed by atoms with Gasteiger partial charge in [-0.15, -0.1) is 0 Å². The molecule has 0 amide bonds. The molecule has 0 aliphatic carbocycles. The summed E-state index contributed by atoms with van der Waals surface area (Å²) in [6, 6.07) is 30.2. The van der Waals surface area contributed by atoms with E-state index in [-0.39, 0.29) is 0 Å². The smallest absolute Gasteiger partial charge is 0.0857 e. The summed E-state index contributed by atoms with van der Waals surface area (Å²) < 4.78 is 0. The van der Waals surface area contributed by atoms with Crippen LogP contribution < -0.4 is 0 Å². The monoisotopic (exact) mass is 407 g/mol. The summed E-state index contributed by atoms with van der Waals surface area (Å²) in [7, 11) is 0. The molecule has 0 bridgehead atoms. The molecule has 3 aromatic carbocycles. The maximum atomic E-state index is 4.67. The second kappa shape index (κ2) is 10.0. The first-order chi connectivity index (χ1) is 15.3. The maximum absolute atomic E-state index is 4.67. The van der Waals surface area contributed by atoms with Crippen molar-refractivity contribution in [2.24, 2.45) is 4.99 Å². The third-order valence-electron chi connectivity index (χ3n) is 5.56. The molecule has 5 rings (SSSR count). The fourth-order valence-corrected chi connectivity index (χ4v) is 3.97. The zero-order valence-corrected chi connectivity index (χ0v) is 18.3. The maximum Gasteiger partial charge on any atom is 0.0857 e. The number of aromatic nitrogens is 1. The summed E-state index contributed by atoms with van der Waals surface area (Å²) in [6.07, 6.45) is 4.97. The normalized spacial score (nSPS) is 15.0. The fourth-order valence-electron chi connectivity index (χ4n) is 3.97. The number of benzene rings is 3. The summed E-state index contributed by atoms with van der Waals surface area (Å²) in [4.78, 5) is 11.6. The van der Waals surface area contributed by atoms with Crippen molar-refractivity contribution in [1.29, 1.82) is 0 Å². The number of fused-ring (bicyclic) bond motifs is 1. The van der Waals surface area contributed by atoms with Gasteiger partial charge in [0.15, 0.2) is 0 Å². The van der Waals surface area contributed by atoms with Gasteiger partial charge in [-0.25, -0.2) is 0 Å². The average Bonchev–Trinajstić information content (AvgIpc) is 3.27. The molecule has 0 spiro atoms. The van der Waals surface area contributed by atoms with Gasteiger partial charge in [0.05, 0.1) is 24.6 Å². The van der Waals surface area contributed by atoms with Crippen LogP contribution in [0.15, 0.2) is 96.1 Å². The van der Waals surface area contributed by atoms with Crippen molar-refractivity contribution in [3.8, 4) is 11.3 Å². The third kappa shape index (κ3) is 5.00. The molecule has 156 valence electrons. The third-order valence-corrected chi connectivity index (χ3v) is 5.56. The largest absolute Gasteiger partial charge is 0.353 e. The van der Waals surface area contributed by atoms with Gasteiger partial charge >= 0.3 is 0 Å². The number of rotatable bonds is 5. The van der Waals surface area contributed by atoms with Gasteiger partial charge in [-0.1, -0.05) is 86.6 Å². The van der Waals surface area contributed by atoms with E-state index in [1.54, 1.807) is 0 Å². The van der Waals surface area contributed by atoms with Gasteiger partial charge in [-0.3, -0.25) is 9.98 Å². The topological polar surface area (TPSA) is 28.5 Å². The highest BCUT2D eigenvalue weighted by atomic mass is 15.2. The Balaban J connectivity index is 0.00000112. The molecule has 0 saturated heterocycles. The van der Waals surface area contributed by atoms with E-state index in [0.717, 1.165) is 30.8 Å². The molecule has 1 aliphatic heterocycles. The fraction of sp³-hybridized carbons (Fsp3) is 0.214. The Morgan fingerprint density at radius 3 is 2.32 bits per heavy atom. The lowest BCUT2D eigenvalue weighted by Gasteiger charge is -2.24. The molecule has 3 nitrogen and oxygen atoms in total. The van der Waals surface area contributed by atoms with E-state index in [1.165, 1.54) is 21.9 Å². The van der Waals surface area contributed by atoms with Crippen LogP contribution in [0.4, 0.5) is 0 Å². The van der Waals surface area contributed by atoms with Crippen molar-refractivity contribution in [3.63, 3.8) is 0 Å². The first-order valence-electron chi connectivity index (χ1n) is 11.1. The summed E-state index contributed by atoms with van der Waals surface area (Å²) in [5, 5.41) is 2.57. The van der Waals surface area contributed by atoms with Crippen LogP contribution in [0.5, 0.6) is 0 Å². The predicted octanol–water partition coefficient (Wildman–Crippen LogP) is 6.38. The van der Waals surface area contributed by atoms with Gasteiger partial charge < -0.3 is 4.90 Å². The summed E-state index contributed by atoms with van der Waals surface area (Å²) in [6.45, 7) is 5.72. The molecule has 1 atom stereocenters. The Morgan fingerprint density at radius 1 is 0.806 bits per heavy atom. The van der Waals surface area contributed by atoms with Gasteiger partial charge in [0.1, 0.15) is 0 Å². The number of hydrogen-bond acceptors (Lipinski definition) is 3. The predicted molar refractivity (Wildman–Crippen MR) is 131 cm³/mol. The average molecular weight is 408 g/mol. The Hall–Kier alpha value is -3.46. The quantitative estimate of drug-likeness (QED) is 0.384. The number of aliphatic imine (C=N–C) groups is 1. The van der Waals surface area contributed by atoms with Crippen LogP contribution in [0.1, 0.15) is 25.0 Å². The van der Waals surface area contributed by atoms with E-state index < -0.39 is 0 Å². The standard InChI is InChI=1S/C26H23N3.C2H6/c1-2-7-23(8-3-1)26-13-11-20(16-28-26)15-25-17-27-19-29(25)18-21-10-12-22-6-4-5-9-24(22)14-21;1-2/h1-14,16,19,25H,15,17-18H2;1-2H3. The van der Waals surface area contributed by atoms with E-state index in [2.05, 4.69) is 81.6 Å². The lowest BCUT2D eigenvalue weighted by Crippen LogP contribution is -2.32. The Bertz CT molecular complexity index is 1130. The van der Waals surface area contributed by atoms with Gasteiger partial charge in [-0.2, -0.15) is 0 Å². The lowest BCUT2D eigenvalue weighted by atomic mass is 10.0. The van der Waals surface area contributed by atoms with E-state index >= 15 is 0 Å². The molecule has 0 fully saturated rings. The van der Waals surface area contributed by atoms with Crippen molar-refractivity contribution in [1.82, 2.24) is 9.88 Å². The highest BCUT2D eigenvalue weighted by Gasteiger charge is 2.21. The first kappa shape index (κ1) is 20.8. The van der Waals surface area contributed by atoms with Crippen molar-refractivity contribution >= 4 is 17.1 Å². The summed E-state index contributed by atoms with van der Waals surface area (Å²) in [5.41, 5.74) is 4.74. The van der Waals surface area contributed by atoms with Gasteiger partial charge in [-0.05, 0) is 40.5 Å². The SMILES string of the molecule is C1=NCC(Cc2ccc(-c3ccccc3)nc2)N1Cc1ccc2ccccc2c1.CC. The van der Waals surface area contributed by atoms with Crippen LogP contribution in [0.2, 0.25) is 0 Å². The second-order valence-corrected chi connectivity index (χ2v) is 7.61. The molecule has 1 aromatic heterocycles. The molecule has 0 saturated carbocycles. The molecule has 0 radical (unpaired) electrons. The Morgan fingerprint density at radius 2 is 1.55 bits per heavy atom. The van der Waals surface area contributed by atoms with E-state index in [1.807, 2.05) is 44.6 Å². The van der Waals surface area contributed by atoms with Crippen LogP contribution in [0, 0.1) is 0 Å². The molecule has 31 heavy (non-hydrogen) atoms. The van der Waals surface area contributed by atoms with E-state index in [4.69, 9.17) is 0 Å². The second-order valence-electron chi connectivity index (χ2n) is 7.61. The lowest BCUT2D eigenvalue weighted by molar-refractivity contribution is 0.341. The highest BCUT2D eigenvalue weighted by molar-refractivity contribution is 5.83. The van der Waals surface area contributed by atoms with Gasteiger partial charge in [0.2, 0.25) is 0 Å². The first-order valence-corrected chi connectivity index (χ1v) is 11.1. The van der Waals surface area contributed by atoms with Gasteiger partial charge in [0, 0.05) is 18.3 Å². The molecule has 1 aliphatic rings. The zero-order valence-electron chi connectivity index (χ0n) is 18.3. The van der Waals surface area contributed by atoms with Crippen molar-refractivity contribution in [2.75, 3.05) is 6.54 Å². The number of nitrogens with zero attached hydrogens (tertiary/aromatic N) is 3. The molecule has 3 heteroatoms. The summed E-state index contributed by atoms with van der Waals surface area (Å²) >= 11 is 0. The zero-order chi connectivity index (χ0) is 21.5. The molecule has 1 unspecified atom stereocenters. The molecular weight excluding hydrogens is 378 g/mol. The Kier molecular flexibility index (Phi) is 6.73. The van der Waals surface area contributed by atoms with Crippen molar-refractivity contribution in [2.45, 2.75) is 32.9 Å².